The number of piperazine rings is 1. The molecule has 0 spiro atoms. The van der Waals surface area contributed by atoms with Crippen LogP contribution in [-0.2, 0) is 17.8 Å². The minimum absolute atomic E-state index is 0.0245. The molecule has 1 saturated heterocycles. The zero-order chi connectivity index (χ0) is 21.6. The summed E-state index contributed by atoms with van der Waals surface area (Å²) in [6.45, 7) is 2.40. The number of aromatic nitrogens is 3. The predicted molar refractivity (Wildman–Crippen MR) is 117 cm³/mol. The summed E-state index contributed by atoms with van der Waals surface area (Å²) in [7, 11) is 0. The lowest BCUT2D eigenvalue weighted by atomic mass is 10.1. The van der Waals surface area contributed by atoms with Gasteiger partial charge in [0.2, 0.25) is 5.91 Å². The van der Waals surface area contributed by atoms with Crippen molar-refractivity contribution in [2.24, 2.45) is 0 Å². The molecule has 2 aromatic heterocycles. The van der Waals surface area contributed by atoms with Crippen LogP contribution in [0.4, 0.5) is 4.79 Å². The average Bonchev–Trinajstić information content (AvgIpc) is 3.34. The largest absolute Gasteiger partial charge is 0.339 e. The fourth-order valence-corrected chi connectivity index (χ4v) is 3.63. The van der Waals surface area contributed by atoms with E-state index in [1.165, 1.54) is 0 Å². The topological polar surface area (TPSA) is 83.4 Å². The molecule has 1 aromatic carbocycles. The Bertz CT molecular complexity index is 1030. The second-order valence-corrected chi connectivity index (χ2v) is 7.68. The van der Waals surface area contributed by atoms with Gasteiger partial charge in [0.1, 0.15) is 0 Å². The molecule has 0 bridgehead atoms. The first-order chi connectivity index (χ1) is 15.1. The smallest absolute Gasteiger partial charge is 0.317 e. The van der Waals surface area contributed by atoms with Crippen molar-refractivity contribution in [3.63, 3.8) is 0 Å². The summed E-state index contributed by atoms with van der Waals surface area (Å²) in [5.41, 5.74) is 1.72. The highest BCUT2D eigenvalue weighted by atomic mass is 35.5. The van der Waals surface area contributed by atoms with Crippen molar-refractivity contribution in [3.05, 3.63) is 77.2 Å². The molecule has 0 aliphatic carbocycles. The van der Waals surface area contributed by atoms with Crippen LogP contribution in [0.15, 0.2) is 61.1 Å². The number of rotatable bonds is 5. The van der Waals surface area contributed by atoms with E-state index in [4.69, 9.17) is 11.6 Å². The number of benzene rings is 1. The molecule has 3 amide bonds. The van der Waals surface area contributed by atoms with Gasteiger partial charge >= 0.3 is 6.03 Å². The van der Waals surface area contributed by atoms with Gasteiger partial charge in [0.25, 0.3) is 0 Å². The second kappa shape index (κ2) is 9.61. The number of hydrogen-bond donors (Lipinski definition) is 1. The first-order valence-electron chi connectivity index (χ1n) is 10.1. The molecule has 0 unspecified atom stereocenters. The number of hydrogen-bond acceptors (Lipinski definition) is 4. The van der Waals surface area contributed by atoms with Gasteiger partial charge < -0.3 is 15.1 Å². The SMILES string of the molecule is O=C(Cc1ccccc1Cl)N1CCN(C(=O)NCc2ccc(-n3cccn3)nc2)CC1. The molecule has 0 saturated carbocycles. The highest BCUT2D eigenvalue weighted by molar-refractivity contribution is 6.31. The van der Waals surface area contributed by atoms with Gasteiger partial charge in [0, 0.05) is 56.3 Å². The first-order valence-corrected chi connectivity index (χ1v) is 10.5. The number of carbonyl (C=O) groups is 2. The normalized spacial score (nSPS) is 13.8. The second-order valence-electron chi connectivity index (χ2n) is 7.27. The Morgan fingerprint density at radius 3 is 2.45 bits per heavy atom. The van der Waals surface area contributed by atoms with Gasteiger partial charge in [-0.3, -0.25) is 4.79 Å². The van der Waals surface area contributed by atoms with Crippen molar-refractivity contribution in [1.82, 2.24) is 29.9 Å². The lowest BCUT2D eigenvalue weighted by Gasteiger charge is -2.34. The number of pyridine rings is 1. The molecule has 3 aromatic rings. The van der Waals surface area contributed by atoms with Gasteiger partial charge in [-0.1, -0.05) is 35.9 Å². The summed E-state index contributed by atoms with van der Waals surface area (Å²) in [4.78, 5) is 32.9. The summed E-state index contributed by atoms with van der Waals surface area (Å²) in [6, 6.07) is 12.8. The number of halogens is 1. The maximum Gasteiger partial charge on any atom is 0.317 e. The Balaban J connectivity index is 1.23. The van der Waals surface area contributed by atoms with Crippen molar-refractivity contribution in [3.8, 4) is 5.82 Å². The molecule has 1 aliphatic rings. The fourth-order valence-electron chi connectivity index (χ4n) is 3.43. The van der Waals surface area contributed by atoms with Gasteiger partial charge in [-0.15, -0.1) is 0 Å². The van der Waals surface area contributed by atoms with E-state index < -0.39 is 0 Å². The van der Waals surface area contributed by atoms with Crippen molar-refractivity contribution in [2.75, 3.05) is 26.2 Å². The summed E-state index contributed by atoms with van der Waals surface area (Å²) in [5.74, 6) is 0.745. The van der Waals surface area contributed by atoms with E-state index in [0.717, 1.165) is 16.9 Å². The van der Waals surface area contributed by atoms with Gasteiger partial charge in [-0.05, 0) is 29.3 Å². The third-order valence-electron chi connectivity index (χ3n) is 5.21. The van der Waals surface area contributed by atoms with Gasteiger partial charge in [-0.2, -0.15) is 5.10 Å². The van der Waals surface area contributed by atoms with Crippen LogP contribution in [0.3, 0.4) is 0 Å². The van der Waals surface area contributed by atoms with Crippen LogP contribution in [-0.4, -0.2) is 62.7 Å². The van der Waals surface area contributed by atoms with Crippen LogP contribution in [0, 0.1) is 0 Å². The Morgan fingerprint density at radius 2 is 1.77 bits per heavy atom. The van der Waals surface area contributed by atoms with Crippen molar-refractivity contribution >= 4 is 23.5 Å². The van der Waals surface area contributed by atoms with Gasteiger partial charge in [-0.25, -0.2) is 14.5 Å². The molecule has 3 heterocycles. The number of nitrogens with zero attached hydrogens (tertiary/aromatic N) is 5. The lowest BCUT2D eigenvalue weighted by Crippen LogP contribution is -2.53. The highest BCUT2D eigenvalue weighted by Crippen LogP contribution is 2.17. The van der Waals surface area contributed by atoms with Crippen LogP contribution in [0.2, 0.25) is 5.02 Å². The third-order valence-corrected chi connectivity index (χ3v) is 5.58. The Hall–Kier alpha value is -3.39. The standard InChI is InChI=1S/C22H23ClN6O2/c23-19-5-2-1-4-18(19)14-21(30)27-10-12-28(13-11-27)22(31)25-16-17-6-7-20(24-15-17)29-9-3-8-26-29/h1-9,15H,10-14,16H2,(H,25,31). The van der Waals surface area contributed by atoms with Crippen LogP contribution in [0.5, 0.6) is 0 Å². The maximum absolute atomic E-state index is 12.6. The van der Waals surface area contributed by atoms with Crippen LogP contribution >= 0.6 is 11.6 Å². The molecule has 4 rings (SSSR count). The van der Waals surface area contributed by atoms with E-state index in [2.05, 4.69) is 15.4 Å². The van der Waals surface area contributed by atoms with E-state index >= 15 is 0 Å². The predicted octanol–water partition coefficient (Wildman–Crippen LogP) is 2.52. The minimum atomic E-state index is -0.144. The molecule has 31 heavy (non-hydrogen) atoms. The number of amides is 3. The molecule has 1 N–H and O–H groups in total. The molecule has 1 fully saturated rings. The Labute approximate surface area is 185 Å². The van der Waals surface area contributed by atoms with Crippen LogP contribution in [0.1, 0.15) is 11.1 Å². The summed E-state index contributed by atoms with van der Waals surface area (Å²) in [5, 5.41) is 7.66. The quantitative estimate of drug-likeness (QED) is 0.663. The summed E-state index contributed by atoms with van der Waals surface area (Å²) in [6.07, 6.45) is 5.51. The molecule has 0 atom stereocenters. The van der Waals surface area contributed by atoms with E-state index in [1.807, 2.05) is 42.6 Å². The first kappa shape index (κ1) is 20.9. The molecule has 0 radical (unpaired) electrons. The van der Waals surface area contributed by atoms with E-state index in [0.29, 0.717) is 37.7 Å². The van der Waals surface area contributed by atoms with Crippen molar-refractivity contribution in [1.29, 1.82) is 0 Å². The molecular formula is C22H23ClN6O2. The van der Waals surface area contributed by atoms with E-state index in [-0.39, 0.29) is 18.4 Å². The monoisotopic (exact) mass is 438 g/mol. The zero-order valence-electron chi connectivity index (χ0n) is 16.9. The molecule has 9 heteroatoms. The van der Waals surface area contributed by atoms with Gasteiger partial charge in [0.05, 0.1) is 6.42 Å². The summed E-state index contributed by atoms with van der Waals surface area (Å²) >= 11 is 6.15. The average molecular weight is 439 g/mol. The molecule has 1 aliphatic heterocycles. The lowest BCUT2D eigenvalue weighted by molar-refractivity contribution is -0.131. The zero-order valence-corrected chi connectivity index (χ0v) is 17.7. The van der Waals surface area contributed by atoms with E-state index in [1.54, 1.807) is 32.9 Å². The maximum atomic E-state index is 12.6. The molecular weight excluding hydrogens is 416 g/mol. The molecule has 8 nitrogen and oxygen atoms in total. The Morgan fingerprint density at radius 1 is 1.00 bits per heavy atom. The van der Waals surface area contributed by atoms with Crippen molar-refractivity contribution < 1.29 is 9.59 Å². The number of urea groups is 1. The minimum Gasteiger partial charge on any atom is -0.339 e. The molecule has 160 valence electrons. The fraction of sp³-hybridized carbons (Fsp3) is 0.273. The van der Waals surface area contributed by atoms with Crippen LogP contribution < -0.4 is 5.32 Å². The number of nitrogens with one attached hydrogen (secondary N) is 1. The summed E-state index contributed by atoms with van der Waals surface area (Å²) < 4.78 is 1.68. The Kier molecular flexibility index (Phi) is 6.47. The van der Waals surface area contributed by atoms with E-state index in [9.17, 15) is 9.59 Å². The van der Waals surface area contributed by atoms with Crippen LogP contribution in [0.25, 0.3) is 5.82 Å². The third kappa shape index (κ3) is 5.21. The highest BCUT2D eigenvalue weighted by Gasteiger charge is 2.24. The van der Waals surface area contributed by atoms with Crippen molar-refractivity contribution in [2.45, 2.75) is 13.0 Å². The van der Waals surface area contributed by atoms with Gasteiger partial charge in [0.15, 0.2) is 5.82 Å². The number of carbonyl (C=O) groups excluding carboxylic acids is 2.